The summed E-state index contributed by atoms with van der Waals surface area (Å²) in [5.41, 5.74) is 0.590. The van der Waals surface area contributed by atoms with Crippen molar-refractivity contribution >= 4 is 17.1 Å². The van der Waals surface area contributed by atoms with Gasteiger partial charge in [0.05, 0.1) is 19.3 Å². The smallest absolute Gasteiger partial charge is 0.163 e. The third kappa shape index (κ3) is 3.58. The fraction of sp³-hybridized carbons (Fsp3) is 0.267. The molecule has 1 aromatic carbocycles. The topological polar surface area (TPSA) is 35.5 Å². The molecule has 100 valence electrons. The largest absolute Gasteiger partial charge is 0.497 e. The first-order valence-corrected chi connectivity index (χ1v) is 6.93. The average molecular weight is 276 g/mol. The van der Waals surface area contributed by atoms with E-state index in [2.05, 4.69) is 6.07 Å². The zero-order chi connectivity index (χ0) is 13.7. The van der Waals surface area contributed by atoms with Crippen molar-refractivity contribution in [2.45, 2.75) is 13.3 Å². The average Bonchev–Trinajstić information content (AvgIpc) is 2.91. The van der Waals surface area contributed by atoms with Gasteiger partial charge in [0.15, 0.2) is 5.78 Å². The Kier molecular flexibility index (Phi) is 4.58. The number of hydrogen-bond acceptors (Lipinski definition) is 4. The molecule has 0 saturated heterocycles. The van der Waals surface area contributed by atoms with E-state index >= 15 is 0 Å². The number of Topliss-reactive ketones (excluding diaryl/α,β-unsaturated/α-hetero) is 1. The third-order valence-electron chi connectivity index (χ3n) is 2.75. The normalized spacial score (nSPS) is 10.2. The Morgan fingerprint density at radius 1 is 1.32 bits per heavy atom. The molecular weight excluding hydrogens is 260 g/mol. The lowest BCUT2D eigenvalue weighted by Gasteiger charge is -2.11. The maximum absolute atomic E-state index is 11.5. The van der Waals surface area contributed by atoms with Gasteiger partial charge in [-0.3, -0.25) is 4.79 Å². The van der Waals surface area contributed by atoms with Crippen LogP contribution in [0, 0.1) is 0 Å². The van der Waals surface area contributed by atoms with E-state index in [1.807, 2.05) is 11.4 Å². The quantitative estimate of drug-likeness (QED) is 0.756. The molecule has 0 aliphatic carbocycles. The monoisotopic (exact) mass is 276 g/mol. The van der Waals surface area contributed by atoms with Gasteiger partial charge < -0.3 is 9.47 Å². The molecule has 0 aliphatic heterocycles. The molecule has 0 spiro atoms. The maximum Gasteiger partial charge on any atom is 0.163 e. The van der Waals surface area contributed by atoms with Crippen LogP contribution in [0.25, 0.3) is 0 Å². The van der Waals surface area contributed by atoms with E-state index < -0.39 is 0 Å². The highest BCUT2D eigenvalue weighted by Crippen LogP contribution is 2.25. The summed E-state index contributed by atoms with van der Waals surface area (Å²) in [6, 6.07) is 9.35. The predicted molar refractivity (Wildman–Crippen MR) is 76.5 cm³/mol. The summed E-state index contributed by atoms with van der Waals surface area (Å²) in [5.74, 6) is 1.27. The van der Waals surface area contributed by atoms with Crippen molar-refractivity contribution in [2.24, 2.45) is 0 Å². The van der Waals surface area contributed by atoms with Gasteiger partial charge in [-0.2, -0.15) is 0 Å². The second-order valence-electron chi connectivity index (χ2n) is 4.10. The molecular formula is C15H16O3S. The first-order valence-electron chi connectivity index (χ1n) is 6.05. The summed E-state index contributed by atoms with van der Waals surface area (Å²) in [5, 5.41) is 2.04. The Hall–Kier alpha value is -1.81. The Balaban J connectivity index is 2.06. The molecule has 0 atom stereocenters. The molecule has 0 radical (unpaired) electrons. The van der Waals surface area contributed by atoms with Crippen molar-refractivity contribution < 1.29 is 14.3 Å². The summed E-state index contributed by atoms with van der Waals surface area (Å²) in [6.45, 7) is 2.09. The Morgan fingerprint density at radius 2 is 2.16 bits per heavy atom. The van der Waals surface area contributed by atoms with Crippen LogP contribution in [0.3, 0.4) is 0 Å². The van der Waals surface area contributed by atoms with Crippen molar-refractivity contribution in [2.75, 3.05) is 13.7 Å². The molecule has 4 heteroatoms. The standard InChI is InChI=1S/C15H16O3S/c1-11(16)14-6-5-12(17-2)10-15(14)18-8-7-13-4-3-9-19-13/h3-6,9-10H,7-8H2,1-2H3. The van der Waals surface area contributed by atoms with Gasteiger partial charge in [-0.15, -0.1) is 11.3 Å². The van der Waals surface area contributed by atoms with Crippen molar-refractivity contribution in [1.82, 2.24) is 0 Å². The van der Waals surface area contributed by atoms with Gasteiger partial charge in [0.2, 0.25) is 0 Å². The lowest BCUT2D eigenvalue weighted by molar-refractivity contribution is 0.101. The van der Waals surface area contributed by atoms with Crippen LogP contribution in [-0.2, 0) is 6.42 Å². The number of carbonyl (C=O) groups is 1. The first kappa shape index (κ1) is 13.6. The Bertz CT molecular complexity index is 547. The zero-order valence-corrected chi connectivity index (χ0v) is 11.8. The second-order valence-corrected chi connectivity index (χ2v) is 5.13. The van der Waals surface area contributed by atoms with Crippen molar-refractivity contribution in [1.29, 1.82) is 0 Å². The molecule has 1 heterocycles. The predicted octanol–water partition coefficient (Wildman–Crippen LogP) is 3.58. The van der Waals surface area contributed by atoms with Gasteiger partial charge in [0.1, 0.15) is 11.5 Å². The van der Waals surface area contributed by atoms with Crippen LogP contribution in [0.4, 0.5) is 0 Å². The summed E-state index contributed by atoms with van der Waals surface area (Å²) in [6.07, 6.45) is 0.840. The lowest BCUT2D eigenvalue weighted by Crippen LogP contribution is -2.05. The number of ketones is 1. The number of benzene rings is 1. The molecule has 2 rings (SSSR count). The molecule has 0 aliphatic rings. The van der Waals surface area contributed by atoms with Crippen LogP contribution in [0.1, 0.15) is 22.2 Å². The number of hydrogen-bond donors (Lipinski definition) is 0. The minimum Gasteiger partial charge on any atom is -0.497 e. The summed E-state index contributed by atoms with van der Waals surface area (Å²) in [7, 11) is 1.60. The maximum atomic E-state index is 11.5. The highest BCUT2D eigenvalue weighted by Gasteiger charge is 2.10. The molecule has 0 amide bonds. The molecule has 19 heavy (non-hydrogen) atoms. The van der Waals surface area contributed by atoms with E-state index in [1.54, 1.807) is 36.6 Å². The molecule has 0 bridgehead atoms. The number of rotatable bonds is 6. The molecule has 2 aromatic rings. The SMILES string of the molecule is COc1ccc(C(C)=O)c(OCCc2cccs2)c1. The van der Waals surface area contributed by atoms with Gasteiger partial charge in [0, 0.05) is 17.4 Å². The molecule has 3 nitrogen and oxygen atoms in total. The van der Waals surface area contributed by atoms with E-state index in [1.165, 1.54) is 11.8 Å². The number of thiophene rings is 1. The van der Waals surface area contributed by atoms with Gasteiger partial charge in [-0.1, -0.05) is 6.07 Å². The molecule has 1 aromatic heterocycles. The van der Waals surface area contributed by atoms with Crippen LogP contribution in [0.5, 0.6) is 11.5 Å². The third-order valence-corrected chi connectivity index (χ3v) is 3.69. The molecule has 0 N–H and O–H groups in total. The van der Waals surface area contributed by atoms with Crippen LogP contribution >= 0.6 is 11.3 Å². The van der Waals surface area contributed by atoms with E-state index in [9.17, 15) is 4.79 Å². The van der Waals surface area contributed by atoms with Gasteiger partial charge in [0.25, 0.3) is 0 Å². The van der Waals surface area contributed by atoms with Crippen LogP contribution < -0.4 is 9.47 Å². The van der Waals surface area contributed by atoms with Gasteiger partial charge in [-0.05, 0) is 30.5 Å². The van der Waals surface area contributed by atoms with Gasteiger partial charge >= 0.3 is 0 Å². The highest BCUT2D eigenvalue weighted by molar-refractivity contribution is 7.09. The number of carbonyl (C=O) groups excluding carboxylic acids is 1. The Morgan fingerprint density at radius 3 is 2.79 bits per heavy atom. The molecule has 0 fully saturated rings. The number of ether oxygens (including phenoxy) is 2. The first-order chi connectivity index (χ1) is 9.20. The summed E-state index contributed by atoms with van der Waals surface area (Å²) >= 11 is 1.70. The van der Waals surface area contributed by atoms with E-state index in [0.29, 0.717) is 23.7 Å². The Labute approximate surface area is 116 Å². The van der Waals surface area contributed by atoms with Crippen LogP contribution in [-0.4, -0.2) is 19.5 Å². The lowest BCUT2D eigenvalue weighted by atomic mass is 10.1. The van der Waals surface area contributed by atoms with E-state index in [4.69, 9.17) is 9.47 Å². The van der Waals surface area contributed by atoms with E-state index in [0.717, 1.165) is 6.42 Å². The number of methoxy groups -OCH3 is 1. The fourth-order valence-electron chi connectivity index (χ4n) is 1.76. The highest BCUT2D eigenvalue weighted by atomic mass is 32.1. The van der Waals surface area contributed by atoms with Crippen LogP contribution in [0.15, 0.2) is 35.7 Å². The van der Waals surface area contributed by atoms with Crippen molar-refractivity contribution in [3.05, 3.63) is 46.2 Å². The second kappa shape index (κ2) is 6.38. The van der Waals surface area contributed by atoms with E-state index in [-0.39, 0.29) is 5.78 Å². The van der Waals surface area contributed by atoms with Crippen molar-refractivity contribution in [3.63, 3.8) is 0 Å². The van der Waals surface area contributed by atoms with Crippen molar-refractivity contribution in [3.8, 4) is 11.5 Å². The minimum atomic E-state index is -0.00576. The molecule has 0 saturated carbocycles. The summed E-state index contributed by atoms with van der Waals surface area (Å²) in [4.78, 5) is 12.8. The minimum absolute atomic E-state index is 0.00576. The van der Waals surface area contributed by atoms with Crippen LogP contribution in [0.2, 0.25) is 0 Å². The zero-order valence-electron chi connectivity index (χ0n) is 11.0. The van der Waals surface area contributed by atoms with Gasteiger partial charge in [-0.25, -0.2) is 0 Å². The molecule has 0 unspecified atom stereocenters. The summed E-state index contributed by atoms with van der Waals surface area (Å²) < 4.78 is 10.9. The fourth-order valence-corrected chi connectivity index (χ4v) is 2.45.